The van der Waals surface area contributed by atoms with Gasteiger partial charge in [-0.3, -0.25) is 0 Å². The van der Waals surface area contributed by atoms with E-state index in [-0.39, 0.29) is 33.9 Å². The fraction of sp³-hybridized carbons (Fsp3) is 0. The van der Waals surface area contributed by atoms with Gasteiger partial charge in [0.25, 0.3) is 0 Å². The summed E-state index contributed by atoms with van der Waals surface area (Å²) in [6, 6.07) is 22.6. The molecule has 0 unspecified atom stereocenters. The van der Waals surface area contributed by atoms with Gasteiger partial charge in [-0.2, -0.15) is 0 Å². The second-order valence-electron chi connectivity index (χ2n) is 7.28. The number of benzene rings is 4. The van der Waals surface area contributed by atoms with Crippen LogP contribution in [0.25, 0.3) is 0 Å². The van der Waals surface area contributed by atoms with Crippen molar-refractivity contribution in [2.75, 3.05) is 0 Å². The average molecular weight is 542 g/mol. The van der Waals surface area contributed by atoms with E-state index in [0.717, 1.165) is 0 Å². The molecule has 0 amide bonds. The van der Waals surface area contributed by atoms with Crippen molar-refractivity contribution >= 4 is 52.7 Å². The first kappa shape index (κ1) is 25.3. The quantitative estimate of drug-likeness (QED) is 0.188. The van der Waals surface area contributed by atoms with Crippen molar-refractivity contribution in [2.24, 2.45) is 0 Å². The Morgan fingerprint density at radius 1 is 0.472 bits per heavy atom. The maximum Gasteiger partial charge on any atom is 0.343 e. The van der Waals surface area contributed by atoms with Crippen LogP contribution in [0.4, 0.5) is 0 Å². The van der Waals surface area contributed by atoms with Crippen LogP contribution in [0, 0.1) is 0 Å². The minimum absolute atomic E-state index is 0.130. The van der Waals surface area contributed by atoms with Crippen molar-refractivity contribution in [1.82, 2.24) is 0 Å². The SMILES string of the molecule is O=C(Oc1cccc(OC(=O)c2cccc(Cl)c2)c1OC(=O)c1cccc(Cl)c1)c1cccc(Cl)c1. The Balaban J connectivity index is 1.70. The zero-order valence-corrected chi connectivity index (χ0v) is 20.5. The van der Waals surface area contributed by atoms with Gasteiger partial charge in [-0.25, -0.2) is 14.4 Å². The second-order valence-corrected chi connectivity index (χ2v) is 8.59. The maximum atomic E-state index is 12.9. The standard InChI is InChI=1S/C27H15Cl3O6/c28-19-8-1-5-16(13-19)25(31)34-22-11-4-12-23(35-26(32)17-6-2-9-20(29)14-17)24(22)36-27(33)18-7-3-10-21(30)15-18/h1-15H. The van der Waals surface area contributed by atoms with E-state index in [2.05, 4.69) is 0 Å². The fourth-order valence-electron chi connectivity index (χ4n) is 3.07. The van der Waals surface area contributed by atoms with Gasteiger partial charge in [0.15, 0.2) is 11.5 Å². The summed E-state index contributed by atoms with van der Waals surface area (Å²) in [7, 11) is 0. The summed E-state index contributed by atoms with van der Waals surface area (Å²) in [6.45, 7) is 0. The minimum Gasteiger partial charge on any atom is -0.419 e. The average Bonchev–Trinajstić information content (AvgIpc) is 2.85. The van der Waals surface area contributed by atoms with Gasteiger partial charge in [0, 0.05) is 15.1 Å². The van der Waals surface area contributed by atoms with Gasteiger partial charge in [-0.05, 0) is 66.7 Å². The summed E-state index contributed by atoms with van der Waals surface area (Å²) in [5.74, 6) is -2.96. The number of hydrogen-bond donors (Lipinski definition) is 0. The summed E-state index contributed by atoms with van der Waals surface area (Å²) in [5, 5.41) is 0.986. The fourth-order valence-corrected chi connectivity index (χ4v) is 3.64. The lowest BCUT2D eigenvalue weighted by molar-refractivity contribution is 0.0657. The number of halogens is 3. The van der Waals surface area contributed by atoms with Gasteiger partial charge < -0.3 is 14.2 Å². The van der Waals surface area contributed by atoms with Crippen molar-refractivity contribution in [3.8, 4) is 17.2 Å². The molecule has 0 heterocycles. The van der Waals surface area contributed by atoms with E-state index in [9.17, 15) is 14.4 Å². The molecule has 0 aliphatic rings. The molecule has 0 bridgehead atoms. The van der Waals surface area contributed by atoms with Crippen LogP contribution in [0.2, 0.25) is 15.1 Å². The van der Waals surface area contributed by atoms with Crippen LogP contribution < -0.4 is 14.2 Å². The van der Waals surface area contributed by atoms with Crippen molar-refractivity contribution < 1.29 is 28.6 Å². The molecular formula is C27H15Cl3O6. The first-order valence-electron chi connectivity index (χ1n) is 10.4. The smallest absolute Gasteiger partial charge is 0.343 e. The summed E-state index contributed by atoms with van der Waals surface area (Å²) in [5.41, 5.74) is 0.456. The first-order chi connectivity index (χ1) is 17.3. The molecule has 4 rings (SSSR count). The molecule has 0 aliphatic heterocycles. The van der Waals surface area contributed by atoms with Crippen LogP contribution in [-0.2, 0) is 0 Å². The Kier molecular flexibility index (Phi) is 7.90. The molecule has 0 aliphatic carbocycles. The maximum absolute atomic E-state index is 12.9. The third kappa shape index (κ3) is 6.23. The van der Waals surface area contributed by atoms with E-state index in [0.29, 0.717) is 15.1 Å². The van der Waals surface area contributed by atoms with Crippen LogP contribution >= 0.6 is 34.8 Å². The molecule has 0 fully saturated rings. The summed E-state index contributed by atoms with van der Waals surface area (Å²) in [6.07, 6.45) is 0. The normalized spacial score (nSPS) is 10.4. The third-order valence-corrected chi connectivity index (χ3v) is 5.43. The topological polar surface area (TPSA) is 78.9 Å². The lowest BCUT2D eigenvalue weighted by Gasteiger charge is -2.15. The van der Waals surface area contributed by atoms with Crippen LogP contribution in [0.5, 0.6) is 17.2 Å². The summed E-state index contributed by atoms with van der Waals surface area (Å²) < 4.78 is 16.5. The summed E-state index contributed by atoms with van der Waals surface area (Å²) in [4.78, 5) is 38.4. The van der Waals surface area contributed by atoms with Crippen molar-refractivity contribution in [3.05, 3.63) is 123 Å². The molecule has 0 saturated heterocycles. The van der Waals surface area contributed by atoms with Gasteiger partial charge in [-0.15, -0.1) is 0 Å². The van der Waals surface area contributed by atoms with Gasteiger partial charge in [0.2, 0.25) is 5.75 Å². The molecule has 0 spiro atoms. The number of hydrogen-bond acceptors (Lipinski definition) is 6. The highest BCUT2D eigenvalue weighted by molar-refractivity contribution is 6.31. The van der Waals surface area contributed by atoms with E-state index >= 15 is 0 Å². The number of para-hydroxylation sites is 1. The molecule has 0 atom stereocenters. The number of carbonyl (C=O) groups excluding carboxylic acids is 3. The van der Waals surface area contributed by atoms with Gasteiger partial charge in [-0.1, -0.05) is 59.1 Å². The Hall–Kier alpha value is -3.84. The van der Waals surface area contributed by atoms with Crippen LogP contribution in [0.3, 0.4) is 0 Å². The molecule has 9 heteroatoms. The molecule has 36 heavy (non-hydrogen) atoms. The Morgan fingerprint density at radius 3 is 1.17 bits per heavy atom. The zero-order chi connectivity index (χ0) is 25.7. The molecule has 0 N–H and O–H groups in total. The summed E-state index contributed by atoms with van der Waals surface area (Å²) >= 11 is 17.9. The molecule has 4 aromatic carbocycles. The molecule has 0 radical (unpaired) electrons. The van der Waals surface area contributed by atoms with Crippen LogP contribution in [0.1, 0.15) is 31.1 Å². The second kappa shape index (κ2) is 11.3. The van der Waals surface area contributed by atoms with Gasteiger partial charge in [0.1, 0.15) is 0 Å². The highest BCUT2D eigenvalue weighted by Crippen LogP contribution is 2.39. The molecule has 4 aromatic rings. The van der Waals surface area contributed by atoms with Gasteiger partial charge in [0.05, 0.1) is 16.7 Å². The van der Waals surface area contributed by atoms with Crippen LogP contribution in [-0.4, -0.2) is 17.9 Å². The highest BCUT2D eigenvalue weighted by Gasteiger charge is 2.23. The van der Waals surface area contributed by atoms with Crippen molar-refractivity contribution in [1.29, 1.82) is 0 Å². The number of esters is 3. The molecule has 180 valence electrons. The van der Waals surface area contributed by atoms with Crippen molar-refractivity contribution in [3.63, 3.8) is 0 Å². The predicted molar refractivity (Wildman–Crippen MR) is 136 cm³/mol. The molecule has 6 nitrogen and oxygen atoms in total. The highest BCUT2D eigenvalue weighted by atomic mass is 35.5. The lowest BCUT2D eigenvalue weighted by Crippen LogP contribution is -2.15. The van der Waals surface area contributed by atoms with E-state index in [1.807, 2.05) is 0 Å². The van der Waals surface area contributed by atoms with Gasteiger partial charge >= 0.3 is 17.9 Å². The molecule has 0 aromatic heterocycles. The minimum atomic E-state index is -0.816. The van der Waals surface area contributed by atoms with E-state index in [1.165, 1.54) is 54.6 Å². The largest absolute Gasteiger partial charge is 0.419 e. The van der Waals surface area contributed by atoms with E-state index in [4.69, 9.17) is 49.0 Å². The lowest BCUT2D eigenvalue weighted by atomic mass is 10.2. The molecule has 0 saturated carbocycles. The van der Waals surface area contributed by atoms with Crippen LogP contribution in [0.15, 0.2) is 91.0 Å². The first-order valence-corrected chi connectivity index (χ1v) is 11.5. The third-order valence-electron chi connectivity index (χ3n) is 4.72. The monoisotopic (exact) mass is 540 g/mol. The Morgan fingerprint density at radius 2 is 0.806 bits per heavy atom. The zero-order valence-electron chi connectivity index (χ0n) is 18.2. The molecular weight excluding hydrogens is 527 g/mol. The Bertz CT molecular complexity index is 1390. The van der Waals surface area contributed by atoms with Crippen molar-refractivity contribution in [2.45, 2.75) is 0 Å². The number of carbonyl (C=O) groups is 3. The number of ether oxygens (including phenoxy) is 3. The van der Waals surface area contributed by atoms with E-state index < -0.39 is 17.9 Å². The predicted octanol–water partition coefficient (Wildman–Crippen LogP) is 7.30. The Labute approximate surface area is 220 Å². The number of rotatable bonds is 6. The van der Waals surface area contributed by atoms with E-state index in [1.54, 1.807) is 36.4 Å².